The molecule has 0 bridgehead atoms. The molecule has 0 aliphatic rings. The lowest BCUT2D eigenvalue weighted by molar-refractivity contribution is -0.684. The molecule has 0 saturated carbocycles. The highest BCUT2D eigenvalue weighted by Crippen LogP contribution is 2.13. The Morgan fingerprint density at radius 3 is 2.43 bits per heavy atom. The SMILES string of the molecule is CC(=O)c1ccc[n+](CC(=O)Nc2cc(C)cc(C)c2)c1. The van der Waals surface area contributed by atoms with Crippen LogP contribution in [-0.4, -0.2) is 11.7 Å². The molecule has 4 heteroatoms. The number of amides is 1. The van der Waals surface area contributed by atoms with E-state index in [2.05, 4.69) is 11.4 Å². The molecular weight excluding hydrogens is 264 g/mol. The second kappa shape index (κ2) is 6.31. The Kier molecular flexibility index (Phi) is 4.48. The van der Waals surface area contributed by atoms with Crippen LogP contribution in [-0.2, 0) is 11.3 Å². The number of anilines is 1. The third-order valence-corrected chi connectivity index (χ3v) is 3.10. The quantitative estimate of drug-likeness (QED) is 0.692. The predicted octanol–water partition coefficient (Wildman–Crippen LogP) is 2.43. The molecule has 0 fully saturated rings. The fourth-order valence-corrected chi connectivity index (χ4v) is 2.24. The van der Waals surface area contributed by atoms with Crippen LogP contribution in [0.4, 0.5) is 5.69 Å². The molecule has 0 unspecified atom stereocenters. The molecule has 0 atom stereocenters. The number of hydrogen-bond acceptors (Lipinski definition) is 2. The van der Waals surface area contributed by atoms with Crippen LogP contribution in [0.25, 0.3) is 0 Å². The number of carbonyl (C=O) groups excluding carboxylic acids is 2. The van der Waals surface area contributed by atoms with E-state index in [0.717, 1.165) is 16.8 Å². The van der Waals surface area contributed by atoms with E-state index in [-0.39, 0.29) is 18.2 Å². The Morgan fingerprint density at radius 1 is 1.14 bits per heavy atom. The van der Waals surface area contributed by atoms with Gasteiger partial charge >= 0.3 is 0 Å². The molecule has 2 aromatic rings. The number of hydrogen-bond donors (Lipinski definition) is 1. The highest BCUT2D eigenvalue weighted by molar-refractivity contribution is 5.93. The van der Waals surface area contributed by atoms with Crippen molar-refractivity contribution in [1.82, 2.24) is 0 Å². The number of rotatable bonds is 4. The van der Waals surface area contributed by atoms with Gasteiger partial charge in [-0.1, -0.05) is 6.07 Å². The minimum Gasteiger partial charge on any atom is -0.321 e. The van der Waals surface area contributed by atoms with Crippen LogP contribution in [0.3, 0.4) is 0 Å². The molecule has 1 aromatic heterocycles. The number of ketones is 1. The Balaban J connectivity index is 2.08. The second-order valence-corrected chi connectivity index (χ2v) is 5.25. The van der Waals surface area contributed by atoms with E-state index in [4.69, 9.17) is 0 Å². The van der Waals surface area contributed by atoms with Gasteiger partial charge in [-0.05, 0) is 50.1 Å². The number of aryl methyl sites for hydroxylation is 2. The molecule has 4 nitrogen and oxygen atoms in total. The molecule has 1 N–H and O–H groups in total. The van der Waals surface area contributed by atoms with Crippen LogP contribution in [0, 0.1) is 13.8 Å². The summed E-state index contributed by atoms with van der Waals surface area (Å²) in [5, 5.41) is 2.88. The average molecular weight is 283 g/mol. The van der Waals surface area contributed by atoms with Gasteiger partial charge in [0.05, 0.1) is 5.56 Å². The van der Waals surface area contributed by atoms with E-state index in [1.54, 1.807) is 29.1 Å². The number of Topliss-reactive ketones (excluding diaryl/α,β-unsaturated/α-hetero) is 1. The van der Waals surface area contributed by atoms with Crippen molar-refractivity contribution < 1.29 is 14.2 Å². The van der Waals surface area contributed by atoms with Crippen molar-refractivity contribution in [2.75, 3.05) is 5.32 Å². The minimum atomic E-state index is -0.120. The third kappa shape index (κ3) is 4.24. The first-order chi connectivity index (χ1) is 9.94. The number of nitrogens with zero attached hydrogens (tertiary/aromatic N) is 1. The van der Waals surface area contributed by atoms with E-state index in [9.17, 15) is 9.59 Å². The first-order valence-corrected chi connectivity index (χ1v) is 6.82. The molecule has 2 rings (SSSR count). The topological polar surface area (TPSA) is 50.0 Å². The van der Waals surface area contributed by atoms with Crippen molar-refractivity contribution >= 4 is 17.4 Å². The summed E-state index contributed by atoms with van der Waals surface area (Å²) in [6.07, 6.45) is 3.46. The summed E-state index contributed by atoms with van der Waals surface area (Å²) in [6.45, 7) is 5.67. The van der Waals surface area contributed by atoms with Crippen molar-refractivity contribution in [2.24, 2.45) is 0 Å². The van der Waals surface area contributed by atoms with Crippen LogP contribution < -0.4 is 9.88 Å². The lowest BCUT2D eigenvalue weighted by Gasteiger charge is -2.06. The average Bonchev–Trinajstić information content (AvgIpc) is 2.37. The van der Waals surface area contributed by atoms with Crippen molar-refractivity contribution in [2.45, 2.75) is 27.3 Å². The normalized spacial score (nSPS) is 10.2. The van der Waals surface area contributed by atoms with E-state index in [0.29, 0.717) is 5.56 Å². The number of aromatic nitrogens is 1. The van der Waals surface area contributed by atoms with Gasteiger partial charge < -0.3 is 5.32 Å². The maximum Gasteiger partial charge on any atom is 0.290 e. The monoisotopic (exact) mass is 283 g/mol. The fourth-order valence-electron chi connectivity index (χ4n) is 2.24. The van der Waals surface area contributed by atoms with Crippen LogP contribution in [0.5, 0.6) is 0 Å². The Labute approximate surface area is 124 Å². The van der Waals surface area contributed by atoms with Gasteiger partial charge in [-0.2, -0.15) is 4.57 Å². The first kappa shape index (κ1) is 14.9. The van der Waals surface area contributed by atoms with Crippen LogP contribution in [0.15, 0.2) is 42.7 Å². The number of nitrogens with one attached hydrogen (secondary N) is 1. The van der Waals surface area contributed by atoms with Crippen molar-refractivity contribution in [1.29, 1.82) is 0 Å². The second-order valence-electron chi connectivity index (χ2n) is 5.25. The van der Waals surface area contributed by atoms with E-state index < -0.39 is 0 Å². The zero-order valence-corrected chi connectivity index (χ0v) is 12.5. The molecule has 0 aliphatic carbocycles. The lowest BCUT2D eigenvalue weighted by atomic mass is 10.1. The van der Waals surface area contributed by atoms with E-state index in [1.165, 1.54) is 6.92 Å². The summed E-state index contributed by atoms with van der Waals surface area (Å²) in [4.78, 5) is 23.4. The molecule has 21 heavy (non-hydrogen) atoms. The summed E-state index contributed by atoms with van der Waals surface area (Å²) in [5.41, 5.74) is 3.60. The molecule has 108 valence electrons. The summed E-state index contributed by atoms with van der Waals surface area (Å²) >= 11 is 0. The number of pyridine rings is 1. The minimum absolute atomic E-state index is 0.0148. The lowest BCUT2D eigenvalue weighted by Crippen LogP contribution is -2.40. The van der Waals surface area contributed by atoms with Gasteiger partial charge in [0, 0.05) is 11.8 Å². The maximum absolute atomic E-state index is 12.1. The Hall–Kier alpha value is -2.49. The van der Waals surface area contributed by atoms with Gasteiger partial charge in [0.1, 0.15) is 0 Å². The van der Waals surface area contributed by atoms with E-state index >= 15 is 0 Å². The highest BCUT2D eigenvalue weighted by Gasteiger charge is 2.12. The molecule has 1 amide bonds. The molecular formula is C17H19N2O2+. The summed E-state index contributed by atoms with van der Waals surface area (Å²) in [5.74, 6) is -0.134. The summed E-state index contributed by atoms with van der Waals surface area (Å²) in [7, 11) is 0. The van der Waals surface area contributed by atoms with Gasteiger partial charge in [-0.25, -0.2) is 0 Å². The van der Waals surface area contributed by atoms with Gasteiger partial charge in [0.2, 0.25) is 6.54 Å². The highest BCUT2D eigenvalue weighted by atomic mass is 16.2. The largest absolute Gasteiger partial charge is 0.321 e. The molecule has 1 aromatic carbocycles. The van der Waals surface area contributed by atoms with Gasteiger partial charge in [-0.15, -0.1) is 0 Å². The van der Waals surface area contributed by atoms with E-state index in [1.807, 2.05) is 26.0 Å². The fraction of sp³-hybridized carbons (Fsp3) is 0.235. The Bertz CT molecular complexity index is 673. The molecule has 0 radical (unpaired) electrons. The smallest absolute Gasteiger partial charge is 0.290 e. The van der Waals surface area contributed by atoms with Crippen LogP contribution in [0.2, 0.25) is 0 Å². The number of carbonyl (C=O) groups is 2. The first-order valence-electron chi connectivity index (χ1n) is 6.82. The molecule has 1 heterocycles. The summed E-state index contributed by atoms with van der Waals surface area (Å²) in [6, 6.07) is 9.42. The van der Waals surface area contributed by atoms with Gasteiger partial charge in [0.15, 0.2) is 18.2 Å². The molecule has 0 saturated heterocycles. The van der Waals surface area contributed by atoms with Crippen molar-refractivity contribution in [3.8, 4) is 0 Å². The zero-order chi connectivity index (χ0) is 15.4. The Morgan fingerprint density at radius 2 is 1.81 bits per heavy atom. The van der Waals surface area contributed by atoms with Crippen molar-refractivity contribution in [3.05, 3.63) is 59.4 Å². The zero-order valence-electron chi connectivity index (χ0n) is 12.5. The van der Waals surface area contributed by atoms with Gasteiger partial charge in [0.25, 0.3) is 5.91 Å². The number of benzene rings is 1. The summed E-state index contributed by atoms with van der Waals surface area (Å²) < 4.78 is 1.70. The maximum atomic E-state index is 12.1. The molecule has 0 spiro atoms. The van der Waals surface area contributed by atoms with Crippen LogP contribution >= 0.6 is 0 Å². The standard InChI is InChI=1S/C17H18N2O2/c1-12-7-13(2)9-16(8-12)18-17(21)11-19-6-4-5-15(10-19)14(3)20/h4-10H,11H2,1-3H3/p+1. The van der Waals surface area contributed by atoms with Gasteiger partial charge in [-0.3, -0.25) is 9.59 Å². The van der Waals surface area contributed by atoms with Crippen LogP contribution in [0.1, 0.15) is 28.4 Å². The van der Waals surface area contributed by atoms with Crippen molar-refractivity contribution in [3.63, 3.8) is 0 Å². The third-order valence-electron chi connectivity index (χ3n) is 3.10. The predicted molar refractivity (Wildman–Crippen MR) is 81.2 cm³/mol. The molecule has 0 aliphatic heterocycles.